The Morgan fingerprint density at radius 3 is 2.21 bits per heavy atom. The van der Waals surface area contributed by atoms with E-state index in [9.17, 15) is 14.7 Å². The van der Waals surface area contributed by atoms with Crippen LogP contribution in [0.1, 0.15) is 94.4 Å². The van der Waals surface area contributed by atoms with Crippen LogP contribution in [0, 0.1) is 29.6 Å². The molecule has 0 bridgehead atoms. The number of Topliss-reactive ketones (excluding diaryl/α,β-unsaturated/α-hetero) is 1. The van der Waals surface area contributed by atoms with E-state index < -0.39 is 29.6 Å². The lowest BCUT2D eigenvalue weighted by Gasteiger charge is -2.39. The molecule has 0 aromatic rings. The molecule has 1 aliphatic heterocycles. The minimum absolute atomic E-state index is 0.0150. The van der Waals surface area contributed by atoms with Gasteiger partial charge in [0.05, 0.1) is 29.8 Å². The third-order valence-electron chi connectivity index (χ3n) is 7.74. The standard InChI is InChI=1S/C27H50O6/c1-11-13-18(5)32-25-17(4)15-27(9,31-10)14-16(3)23(28)20(7)24(29)19(6)22(12-2)33-26(30)21(25)8/h16-22,24-25,29H,11-15H2,1-10H3/t16-,17-,18+,19+,20+,21?,22-,24+,25+,27-/m1/s1. The first kappa shape index (κ1) is 30.1. The Kier molecular flexibility index (Phi) is 12.0. The van der Waals surface area contributed by atoms with Gasteiger partial charge in [-0.2, -0.15) is 0 Å². The molecule has 0 aromatic carbocycles. The van der Waals surface area contributed by atoms with Crippen molar-refractivity contribution in [1.82, 2.24) is 0 Å². The molecule has 194 valence electrons. The summed E-state index contributed by atoms with van der Waals surface area (Å²) in [6, 6.07) is 0. The highest BCUT2D eigenvalue weighted by molar-refractivity contribution is 5.83. The fourth-order valence-corrected chi connectivity index (χ4v) is 5.53. The third kappa shape index (κ3) is 8.03. The van der Waals surface area contributed by atoms with Crippen LogP contribution in [0.15, 0.2) is 0 Å². The summed E-state index contributed by atoms with van der Waals surface area (Å²) < 4.78 is 18.3. The number of hydrogen-bond acceptors (Lipinski definition) is 6. The van der Waals surface area contributed by atoms with Crippen molar-refractivity contribution in [2.45, 2.75) is 124 Å². The molecular formula is C27H50O6. The van der Waals surface area contributed by atoms with E-state index in [0.29, 0.717) is 19.3 Å². The molecule has 1 aliphatic rings. The molecule has 1 rings (SSSR count). The Hall–Kier alpha value is -0.980. The maximum absolute atomic E-state index is 13.2. The summed E-state index contributed by atoms with van der Waals surface area (Å²) in [5.74, 6) is -1.91. The van der Waals surface area contributed by atoms with Crippen LogP contribution in [-0.4, -0.2) is 54.0 Å². The molecule has 1 saturated heterocycles. The fourth-order valence-electron chi connectivity index (χ4n) is 5.53. The van der Waals surface area contributed by atoms with Crippen LogP contribution in [0.2, 0.25) is 0 Å². The quantitative estimate of drug-likeness (QED) is 0.538. The van der Waals surface area contributed by atoms with Crippen LogP contribution in [0.5, 0.6) is 0 Å². The third-order valence-corrected chi connectivity index (χ3v) is 7.74. The summed E-state index contributed by atoms with van der Waals surface area (Å²) in [6.07, 6.45) is 2.02. The summed E-state index contributed by atoms with van der Waals surface area (Å²) in [6.45, 7) is 17.6. The largest absolute Gasteiger partial charge is 0.462 e. The average molecular weight is 471 g/mol. The summed E-state index contributed by atoms with van der Waals surface area (Å²) in [4.78, 5) is 26.4. The van der Waals surface area contributed by atoms with Gasteiger partial charge in [-0.15, -0.1) is 0 Å². The van der Waals surface area contributed by atoms with Gasteiger partial charge in [0.15, 0.2) is 0 Å². The van der Waals surface area contributed by atoms with Gasteiger partial charge in [-0.3, -0.25) is 9.59 Å². The molecule has 1 heterocycles. The van der Waals surface area contributed by atoms with Crippen LogP contribution < -0.4 is 0 Å². The summed E-state index contributed by atoms with van der Waals surface area (Å²) in [5, 5.41) is 11.0. The van der Waals surface area contributed by atoms with Crippen molar-refractivity contribution in [3.63, 3.8) is 0 Å². The number of ketones is 1. The zero-order chi connectivity index (χ0) is 25.5. The van der Waals surface area contributed by atoms with E-state index in [1.54, 1.807) is 14.0 Å². The highest BCUT2D eigenvalue weighted by atomic mass is 16.6. The zero-order valence-corrected chi connectivity index (χ0v) is 22.7. The van der Waals surface area contributed by atoms with Crippen molar-refractivity contribution >= 4 is 11.8 Å². The Morgan fingerprint density at radius 2 is 1.70 bits per heavy atom. The maximum atomic E-state index is 13.2. The van der Waals surface area contributed by atoms with Crippen molar-refractivity contribution in [3.05, 3.63) is 0 Å². The smallest absolute Gasteiger partial charge is 0.311 e. The van der Waals surface area contributed by atoms with Crippen LogP contribution in [0.3, 0.4) is 0 Å². The molecule has 33 heavy (non-hydrogen) atoms. The van der Waals surface area contributed by atoms with Crippen LogP contribution in [0.4, 0.5) is 0 Å². The van der Waals surface area contributed by atoms with Gasteiger partial charge in [-0.1, -0.05) is 48.0 Å². The van der Waals surface area contributed by atoms with E-state index in [1.807, 2.05) is 41.5 Å². The average Bonchev–Trinajstić information content (AvgIpc) is 2.77. The number of rotatable bonds is 6. The Labute approximate surface area is 202 Å². The van der Waals surface area contributed by atoms with Crippen LogP contribution in [0.25, 0.3) is 0 Å². The molecule has 0 amide bonds. The van der Waals surface area contributed by atoms with Gasteiger partial charge in [-0.05, 0) is 52.4 Å². The molecule has 0 radical (unpaired) electrons. The van der Waals surface area contributed by atoms with E-state index in [4.69, 9.17) is 14.2 Å². The molecule has 1 N–H and O–H groups in total. The molecule has 0 aliphatic carbocycles. The van der Waals surface area contributed by atoms with Crippen molar-refractivity contribution in [3.8, 4) is 0 Å². The maximum Gasteiger partial charge on any atom is 0.311 e. The SMILES string of the molecule is CCC[C@H](C)O[C@@H]1C(C)C(=O)O[C@H](CC)[C@H](C)[C@H](O)[C@@H](C)C(=O)[C@H](C)C[C@@](C)(OC)C[C@H]1C. The summed E-state index contributed by atoms with van der Waals surface area (Å²) in [5.41, 5.74) is -0.555. The predicted octanol–water partition coefficient (Wildman–Crippen LogP) is 5.19. The number of carbonyl (C=O) groups excluding carboxylic acids is 2. The molecule has 1 fully saturated rings. The highest BCUT2D eigenvalue weighted by Gasteiger charge is 2.42. The molecular weight excluding hydrogens is 420 g/mol. The van der Waals surface area contributed by atoms with Crippen LogP contribution in [-0.2, 0) is 23.8 Å². The lowest BCUT2D eigenvalue weighted by molar-refractivity contribution is -0.171. The second-order valence-electron chi connectivity index (χ2n) is 10.9. The topological polar surface area (TPSA) is 82.1 Å². The Morgan fingerprint density at radius 1 is 1.09 bits per heavy atom. The first-order valence-electron chi connectivity index (χ1n) is 12.9. The van der Waals surface area contributed by atoms with Gasteiger partial charge >= 0.3 is 5.97 Å². The van der Waals surface area contributed by atoms with Crippen molar-refractivity contribution in [1.29, 1.82) is 0 Å². The number of esters is 1. The number of aliphatic hydroxyl groups is 1. The number of aliphatic hydroxyl groups excluding tert-OH is 1. The normalized spacial score (nSPS) is 40.7. The fraction of sp³-hybridized carbons (Fsp3) is 0.926. The Balaban J connectivity index is 3.40. The van der Waals surface area contributed by atoms with Gasteiger partial charge in [0, 0.05) is 24.9 Å². The van der Waals surface area contributed by atoms with Crippen molar-refractivity contribution in [2.75, 3.05) is 7.11 Å². The second kappa shape index (κ2) is 13.2. The summed E-state index contributed by atoms with van der Waals surface area (Å²) in [7, 11) is 1.67. The van der Waals surface area contributed by atoms with Crippen molar-refractivity contribution in [2.24, 2.45) is 29.6 Å². The molecule has 6 heteroatoms. The molecule has 1 unspecified atom stereocenters. The Bertz CT molecular complexity index is 622. The van der Waals surface area contributed by atoms with Gasteiger partial charge in [0.2, 0.25) is 0 Å². The van der Waals surface area contributed by atoms with Gasteiger partial charge in [-0.25, -0.2) is 0 Å². The van der Waals surface area contributed by atoms with Crippen molar-refractivity contribution < 1.29 is 28.9 Å². The first-order chi connectivity index (χ1) is 15.3. The van der Waals surface area contributed by atoms with E-state index >= 15 is 0 Å². The number of ether oxygens (including phenoxy) is 3. The van der Waals surface area contributed by atoms with E-state index in [1.165, 1.54) is 0 Å². The second-order valence-corrected chi connectivity index (χ2v) is 10.9. The number of carbonyl (C=O) groups is 2. The van der Waals surface area contributed by atoms with E-state index in [0.717, 1.165) is 12.8 Å². The first-order valence-corrected chi connectivity index (χ1v) is 12.9. The van der Waals surface area contributed by atoms with Gasteiger partial charge in [0.1, 0.15) is 11.9 Å². The van der Waals surface area contributed by atoms with Gasteiger partial charge < -0.3 is 19.3 Å². The number of methoxy groups -OCH3 is 1. The minimum atomic E-state index is -0.889. The molecule has 6 nitrogen and oxygen atoms in total. The molecule has 0 saturated carbocycles. The van der Waals surface area contributed by atoms with Gasteiger partial charge in [0.25, 0.3) is 0 Å². The molecule has 0 aromatic heterocycles. The number of cyclic esters (lactones) is 1. The highest BCUT2D eigenvalue weighted by Crippen LogP contribution is 2.35. The molecule has 0 spiro atoms. The lowest BCUT2D eigenvalue weighted by atomic mass is 9.76. The lowest BCUT2D eigenvalue weighted by Crippen LogP contribution is -2.46. The van der Waals surface area contributed by atoms with Crippen LogP contribution >= 0.6 is 0 Å². The van der Waals surface area contributed by atoms with E-state index in [2.05, 4.69) is 13.8 Å². The summed E-state index contributed by atoms with van der Waals surface area (Å²) >= 11 is 0. The monoisotopic (exact) mass is 470 g/mol. The number of hydrogen-bond donors (Lipinski definition) is 1. The van der Waals surface area contributed by atoms with E-state index in [-0.39, 0.29) is 41.7 Å². The molecule has 10 atom stereocenters. The zero-order valence-electron chi connectivity index (χ0n) is 22.7. The predicted molar refractivity (Wildman–Crippen MR) is 131 cm³/mol. The minimum Gasteiger partial charge on any atom is -0.462 e.